The van der Waals surface area contributed by atoms with Crippen LogP contribution in [0.3, 0.4) is 0 Å². The first kappa shape index (κ1) is 19.4. The van der Waals surface area contributed by atoms with Crippen LogP contribution in [-0.2, 0) is 17.6 Å². The van der Waals surface area contributed by atoms with E-state index in [-0.39, 0.29) is 5.91 Å². The maximum atomic E-state index is 11.9. The molecule has 3 aromatic carbocycles. The molecule has 0 unspecified atom stereocenters. The van der Waals surface area contributed by atoms with Gasteiger partial charge in [0.1, 0.15) is 5.75 Å². The van der Waals surface area contributed by atoms with Crippen LogP contribution in [0.2, 0.25) is 0 Å². The molecule has 0 atom stereocenters. The van der Waals surface area contributed by atoms with Crippen molar-refractivity contribution in [2.45, 2.75) is 19.3 Å². The van der Waals surface area contributed by atoms with Gasteiger partial charge in [-0.25, -0.2) is 5.43 Å². The van der Waals surface area contributed by atoms with E-state index in [2.05, 4.69) is 34.8 Å². The van der Waals surface area contributed by atoms with Crippen LogP contribution in [0.5, 0.6) is 5.75 Å². The summed E-state index contributed by atoms with van der Waals surface area (Å²) in [4.78, 5) is 11.9. The molecule has 4 nitrogen and oxygen atoms in total. The smallest absolute Gasteiger partial charge is 0.244 e. The highest BCUT2D eigenvalue weighted by molar-refractivity contribution is 5.83. The van der Waals surface area contributed by atoms with Gasteiger partial charge in [0, 0.05) is 0 Å². The quantitative estimate of drug-likeness (QED) is 0.344. The number of carbonyl (C=O) groups excluding carboxylic acids is 1. The molecule has 142 valence electrons. The number of hydrazone groups is 1. The van der Waals surface area contributed by atoms with Crippen LogP contribution in [0, 0.1) is 0 Å². The van der Waals surface area contributed by atoms with Gasteiger partial charge in [0.25, 0.3) is 0 Å². The van der Waals surface area contributed by atoms with E-state index in [1.807, 2.05) is 60.7 Å². The molecule has 3 rings (SSSR count). The lowest BCUT2D eigenvalue weighted by Gasteiger charge is -2.06. The molecule has 0 aliphatic heterocycles. The molecule has 0 aliphatic carbocycles. The summed E-state index contributed by atoms with van der Waals surface area (Å²) in [5.41, 5.74) is 5.74. The summed E-state index contributed by atoms with van der Waals surface area (Å²) in [6, 6.07) is 27.7. The Morgan fingerprint density at radius 1 is 0.857 bits per heavy atom. The van der Waals surface area contributed by atoms with Crippen molar-refractivity contribution in [3.8, 4) is 5.75 Å². The summed E-state index contributed by atoms with van der Waals surface area (Å²) in [7, 11) is 0. The van der Waals surface area contributed by atoms with Crippen molar-refractivity contribution in [1.29, 1.82) is 0 Å². The Kier molecular flexibility index (Phi) is 7.38. The molecular weight excluding hydrogens is 348 g/mol. The summed E-state index contributed by atoms with van der Waals surface area (Å²) in [5.74, 6) is 0.694. The van der Waals surface area contributed by atoms with E-state index in [9.17, 15) is 4.79 Å². The Hall–Kier alpha value is -3.40. The monoisotopic (exact) mass is 372 g/mol. The number of rotatable bonds is 9. The van der Waals surface area contributed by atoms with E-state index < -0.39 is 0 Å². The fourth-order valence-electron chi connectivity index (χ4n) is 2.76. The average Bonchev–Trinajstić information content (AvgIpc) is 2.74. The van der Waals surface area contributed by atoms with Crippen molar-refractivity contribution in [2.24, 2.45) is 5.10 Å². The van der Waals surface area contributed by atoms with Gasteiger partial charge in [-0.05, 0) is 53.8 Å². The summed E-state index contributed by atoms with van der Waals surface area (Å²) >= 11 is 0. The second kappa shape index (κ2) is 10.7. The van der Waals surface area contributed by atoms with Crippen LogP contribution in [0.15, 0.2) is 90.0 Å². The van der Waals surface area contributed by atoms with Crippen LogP contribution in [0.1, 0.15) is 23.1 Å². The Morgan fingerprint density at radius 2 is 1.50 bits per heavy atom. The first-order valence-electron chi connectivity index (χ1n) is 9.42. The first-order chi connectivity index (χ1) is 13.8. The van der Waals surface area contributed by atoms with Gasteiger partial charge in [-0.3, -0.25) is 4.79 Å². The largest absolute Gasteiger partial charge is 0.494 e. The van der Waals surface area contributed by atoms with Gasteiger partial charge < -0.3 is 4.74 Å². The summed E-state index contributed by atoms with van der Waals surface area (Å²) < 4.78 is 5.78. The number of aryl methyl sites for hydroxylation is 1. The van der Waals surface area contributed by atoms with Gasteiger partial charge in [0.15, 0.2) is 0 Å². The number of nitrogens with zero attached hydrogens (tertiary/aromatic N) is 1. The molecule has 0 bridgehead atoms. The zero-order valence-electron chi connectivity index (χ0n) is 15.8. The molecule has 0 aromatic heterocycles. The van der Waals surface area contributed by atoms with Crippen molar-refractivity contribution < 1.29 is 9.53 Å². The molecule has 0 aliphatic rings. The van der Waals surface area contributed by atoms with Gasteiger partial charge in [-0.1, -0.05) is 60.7 Å². The molecule has 4 heteroatoms. The SMILES string of the molecule is O=C(Cc1ccccc1)N/N=C\c1ccc(OCCCc2ccccc2)cc1. The van der Waals surface area contributed by atoms with E-state index in [1.54, 1.807) is 6.21 Å². The van der Waals surface area contributed by atoms with E-state index in [0.29, 0.717) is 13.0 Å². The Balaban J connectivity index is 1.37. The van der Waals surface area contributed by atoms with Crippen LogP contribution in [0.25, 0.3) is 0 Å². The number of nitrogens with one attached hydrogen (secondary N) is 1. The summed E-state index contributed by atoms with van der Waals surface area (Å²) in [6.45, 7) is 0.678. The summed E-state index contributed by atoms with van der Waals surface area (Å²) in [6.07, 6.45) is 3.92. The lowest BCUT2D eigenvalue weighted by molar-refractivity contribution is -0.120. The Morgan fingerprint density at radius 3 is 2.18 bits per heavy atom. The van der Waals surface area contributed by atoms with Gasteiger partial charge in [0.05, 0.1) is 19.2 Å². The molecule has 0 fully saturated rings. The molecule has 0 heterocycles. The first-order valence-corrected chi connectivity index (χ1v) is 9.42. The van der Waals surface area contributed by atoms with Gasteiger partial charge in [-0.15, -0.1) is 0 Å². The molecule has 0 spiro atoms. The molecular formula is C24H24N2O2. The highest BCUT2D eigenvalue weighted by atomic mass is 16.5. The highest BCUT2D eigenvalue weighted by Gasteiger charge is 2.01. The molecule has 3 aromatic rings. The number of hydrogen-bond acceptors (Lipinski definition) is 3. The minimum absolute atomic E-state index is 0.138. The molecule has 28 heavy (non-hydrogen) atoms. The zero-order chi connectivity index (χ0) is 19.4. The van der Waals surface area contributed by atoms with Crippen molar-refractivity contribution in [1.82, 2.24) is 5.43 Å². The topological polar surface area (TPSA) is 50.7 Å². The zero-order valence-corrected chi connectivity index (χ0v) is 15.8. The Bertz CT molecular complexity index is 875. The minimum atomic E-state index is -0.138. The van der Waals surface area contributed by atoms with Gasteiger partial charge in [-0.2, -0.15) is 5.10 Å². The van der Waals surface area contributed by atoms with E-state index in [1.165, 1.54) is 5.56 Å². The van der Waals surface area contributed by atoms with Crippen LogP contribution in [0.4, 0.5) is 0 Å². The number of hydrogen-bond donors (Lipinski definition) is 1. The third-order valence-corrected chi connectivity index (χ3v) is 4.21. The van der Waals surface area contributed by atoms with E-state index in [4.69, 9.17) is 4.74 Å². The lowest BCUT2D eigenvalue weighted by atomic mass is 10.1. The number of carbonyl (C=O) groups is 1. The molecule has 1 N–H and O–H groups in total. The molecule has 0 saturated heterocycles. The van der Waals surface area contributed by atoms with Gasteiger partial charge >= 0.3 is 0 Å². The van der Waals surface area contributed by atoms with Crippen molar-refractivity contribution in [3.05, 3.63) is 102 Å². The average molecular weight is 372 g/mol. The molecule has 0 radical (unpaired) electrons. The third-order valence-electron chi connectivity index (χ3n) is 4.21. The molecule has 1 amide bonds. The molecule has 0 saturated carbocycles. The van der Waals surface area contributed by atoms with Gasteiger partial charge in [0.2, 0.25) is 5.91 Å². The summed E-state index contributed by atoms with van der Waals surface area (Å²) in [5, 5.41) is 4.01. The Labute approximate surface area is 165 Å². The van der Waals surface area contributed by atoms with E-state index in [0.717, 1.165) is 29.7 Å². The fourth-order valence-corrected chi connectivity index (χ4v) is 2.76. The predicted molar refractivity (Wildman–Crippen MR) is 113 cm³/mol. The van der Waals surface area contributed by atoms with Crippen LogP contribution < -0.4 is 10.2 Å². The highest BCUT2D eigenvalue weighted by Crippen LogP contribution is 2.12. The van der Waals surface area contributed by atoms with Crippen LogP contribution in [-0.4, -0.2) is 18.7 Å². The standard InChI is InChI=1S/C24H24N2O2/c27-24(18-21-10-5-2-6-11-21)26-25-19-22-13-15-23(16-14-22)28-17-7-12-20-8-3-1-4-9-20/h1-6,8-11,13-16,19H,7,12,17-18H2,(H,26,27)/b25-19-. The predicted octanol–water partition coefficient (Wildman–Crippen LogP) is 4.39. The number of ether oxygens (including phenoxy) is 1. The maximum Gasteiger partial charge on any atom is 0.244 e. The second-order valence-electron chi connectivity index (χ2n) is 6.46. The number of amides is 1. The fraction of sp³-hybridized carbons (Fsp3) is 0.167. The third kappa shape index (κ3) is 6.72. The van der Waals surface area contributed by atoms with Crippen LogP contribution >= 0.6 is 0 Å². The van der Waals surface area contributed by atoms with Crippen molar-refractivity contribution in [2.75, 3.05) is 6.61 Å². The van der Waals surface area contributed by atoms with Crippen molar-refractivity contribution >= 4 is 12.1 Å². The normalized spacial score (nSPS) is 10.7. The maximum absolute atomic E-state index is 11.9. The van der Waals surface area contributed by atoms with E-state index >= 15 is 0 Å². The lowest BCUT2D eigenvalue weighted by Crippen LogP contribution is -2.19. The minimum Gasteiger partial charge on any atom is -0.494 e. The van der Waals surface area contributed by atoms with Crippen molar-refractivity contribution in [3.63, 3.8) is 0 Å². The second-order valence-corrected chi connectivity index (χ2v) is 6.46. The number of benzene rings is 3.